The van der Waals surface area contributed by atoms with E-state index in [0.29, 0.717) is 11.6 Å². The summed E-state index contributed by atoms with van der Waals surface area (Å²) < 4.78 is 40.4. The Morgan fingerprint density at radius 1 is 1.17 bits per heavy atom. The highest BCUT2D eigenvalue weighted by Crippen LogP contribution is 2.39. The Hall–Kier alpha value is -2.40. The van der Waals surface area contributed by atoms with Gasteiger partial charge in [0.2, 0.25) is 0 Å². The fourth-order valence-electron chi connectivity index (χ4n) is 2.13. The minimum absolute atomic E-state index is 0.312. The second kappa shape index (κ2) is 6.38. The molecule has 2 aromatic carbocycles. The van der Waals surface area contributed by atoms with E-state index in [1.807, 2.05) is 6.07 Å². The molecule has 0 bridgehead atoms. The van der Waals surface area contributed by atoms with Crippen molar-refractivity contribution in [3.8, 4) is 6.07 Å². The summed E-state index contributed by atoms with van der Waals surface area (Å²) in [6.07, 6.45) is -4.80. The second-order valence-electron chi connectivity index (χ2n) is 4.64. The minimum Gasteiger partial charge on any atom is -0.258 e. The van der Waals surface area contributed by atoms with Gasteiger partial charge in [-0.25, -0.2) is 0 Å². The van der Waals surface area contributed by atoms with Crippen molar-refractivity contribution < 1.29 is 18.1 Å². The van der Waals surface area contributed by atoms with Gasteiger partial charge in [0.15, 0.2) is 0 Å². The molecule has 1 atom stereocenters. The van der Waals surface area contributed by atoms with E-state index in [1.165, 1.54) is 12.1 Å². The number of nitrogens with zero attached hydrogens (tertiary/aromatic N) is 2. The lowest BCUT2D eigenvalue weighted by Gasteiger charge is -2.17. The van der Waals surface area contributed by atoms with Crippen molar-refractivity contribution in [2.75, 3.05) is 0 Å². The van der Waals surface area contributed by atoms with Crippen LogP contribution in [0.5, 0.6) is 0 Å². The predicted octanol–water partition coefficient (Wildman–Crippen LogP) is 5.03. The molecule has 0 aromatic heterocycles. The lowest BCUT2D eigenvalue weighted by atomic mass is 9.88. The third kappa shape index (κ3) is 3.68. The average molecular weight is 385 g/mol. The van der Waals surface area contributed by atoms with E-state index in [1.54, 1.807) is 12.1 Å². The highest BCUT2D eigenvalue weighted by atomic mass is 79.9. The van der Waals surface area contributed by atoms with Gasteiger partial charge in [0, 0.05) is 16.6 Å². The largest absolute Gasteiger partial charge is 0.416 e. The summed E-state index contributed by atoms with van der Waals surface area (Å²) in [5.74, 6) is -1.18. The molecule has 118 valence electrons. The molecule has 2 rings (SSSR count). The number of hydrogen-bond donors (Lipinski definition) is 0. The SMILES string of the molecule is N#CC(c1ccc(Br)cc1)c1ccc([N+](=O)[O-])cc1C(F)(F)F. The average Bonchev–Trinajstić information content (AvgIpc) is 2.49. The van der Waals surface area contributed by atoms with Crippen molar-refractivity contribution in [2.24, 2.45) is 0 Å². The fourth-order valence-corrected chi connectivity index (χ4v) is 2.40. The molecule has 8 heteroatoms. The first-order chi connectivity index (χ1) is 10.7. The van der Waals surface area contributed by atoms with Crippen LogP contribution in [-0.4, -0.2) is 4.92 Å². The predicted molar refractivity (Wildman–Crippen MR) is 79.7 cm³/mol. The van der Waals surface area contributed by atoms with Crippen LogP contribution >= 0.6 is 15.9 Å². The topological polar surface area (TPSA) is 66.9 Å². The fraction of sp³-hybridized carbons (Fsp3) is 0.133. The van der Waals surface area contributed by atoms with E-state index in [4.69, 9.17) is 0 Å². The highest BCUT2D eigenvalue weighted by molar-refractivity contribution is 9.10. The number of nitro benzene ring substituents is 1. The van der Waals surface area contributed by atoms with E-state index in [9.17, 15) is 28.5 Å². The molecule has 0 saturated heterocycles. The first-order valence-corrected chi connectivity index (χ1v) is 7.04. The Balaban J connectivity index is 2.62. The lowest BCUT2D eigenvalue weighted by molar-refractivity contribution is -0.385. The van der Waals surface area contributed by atoms with E-state index in [-0.39, 0.29) is 5.56 Å². The number of benzene rings is 2. The number of non-ortho nitro benzene ring substituents is 1. The zero-order chi connectivity index (χ0) is 17.2. The molecule has 23 heavy (non-hydrogen) atoms. The molecular weight excluding hydrogens is 377 g/mol. The van der Waals surface area contributed by atoms with Crippen molar-refractivity contribution >= 4 is 21.6 Å². The molecule has 0 heterocycles. The van der Waals surface area contributed by atoms with Gasteiger partial charge in [0.05, 0.1) is 22.5 Å². The van der Waals surface area contributed by atoms with Crippen molar-refractivity contribution in [2.45, 2.75) is 12.1 Å². The third-order valence-electron chi connectivity index (χ3n) is 3.20. The van der Waals surface area contributed by atoms with Crippen molar-refractivity contribution in [1.82, 2.24) is 0 Å². The normalized spacial score (nSPS) is 12.5. The highest BCUT2D eigenvalue weighted by Gasteiger charge is 2.37. The number of nitriles is 1. The number of halogens is 4. The van der Waals surface area contributed by atoms with E-state index < -0.39 is 28.3 Å². The Kier molecular flexibility index (Phi) is 4.71. The first kappa shape index (κ1) is 17.0. The molecule has 0 radical (unpaired) electrons. The summed E-state index contributed by atoms with van der Waals surface area (Å²) in [6.45, 7) is 0. The quantitative estimate of drug-likeness (QED) is 0.550. The summed E-state index contributed by atoms with van der Waals surface area (Å²) in [5, 5.41) is 20.0. The van der Waals surface area contributed by atoms with Crippen LogP contribution in [0.2, 0.25) is 0 Å². The molecule has 0 fully saturated rings. The van der Waals surface area contributed by atoms with Gasteiger partial charge in [-0.1, -0.05) is 28.1 Å². The summed E-state index contributed by atoms with van der Waals surface area (Å²) in [6, 6.07) is 10.5. The second-order valence-corrected chi connectivity index (χ2v) is 5.56. The molecular formula is C15H8BrF3N2O2. The van der Waals surface area contributed by atoms with Crippen LogP contribution in [0.4, 0.5) is 18.9 Å². The lowest BCUT2D eigenvalue weighted by Crippen LogP contribution is -2.13. The zero-order valence-corrected chi connectivity index (χ0v) is 12.9. The van der Waals surface area contributed by atoms with Gasteiger partial charge in [-0.05, 0) is 29.3 Å². The van der Waals surface area contributed by atoms with Crippen molar-refractivity contribution in [3.63, 3.8) is 0 Å². The Bertz CT molecular complexity index is 783. The van der Waals surface area contributed by atoms with Crippen molar-refractivity contribution in [1.29, 1.82) is 5.26 Å². The smallest absolute Gasteiger partial charge is 0.258 e. The molecule has 0 spiro atoms. The van der Waals surface area contributed by atoms with E-state index in [0.717, 1.165) is 16.6 Å². The van der Waals surface area contributed by atoms with Crippen LogP contribution in [0.3, 0.4) is 0 Å². The van der Waals surface area contributed by atoms with E-state index in [2.05, 4.69) is 15.9 Å². The van der Waals surface area contributed by atoms with Gasteiger partial charge in [-0.15, -0.1) is 0 Å². The monoisotopic (exact) mass is 384 g/mol. The number of hydrogen-bond acceptors (Lipinski definition) is 3. The third-order valence-corrected chi connectivity index (χ3v) is 3.73. The number of rotatable bonds is 3. The van der Waals surface area contributed by atoms with Gasteiger partial charge < -0.3 is 0 Å². The molecule has 4 nitrogen and oxygen atoms in total. The van der Waals surface area contributed by atoms with Gasteiger partial charge in [-0.3, -0.25) is 10.1 Å². The molecule has 2 aromatic rings. The van der Waals surface area contributed by atoms with Crippen LogP contribution in [0, 0.1) is 21.4 Å². The Labute approximate surface area is 137 Å². The van der Waals surface area contributed by atoms with Gasteiger partial charge >= 0.3 is 6.18 Å². The molecule has 0 aliphatic heterocycles. The van der Waals surface area contributed by atoms with Crippen LogP contribution in [0.25, 0.3) is 0 Å². The number of nitro groups is 1. The molecule has 0 saturated carbocycles. The van der Waals surface area contributed by atoms with Gasteiger partial charge in [-0.2, -0.15) is 18.4 Å². The van der Waals surface area contributed by atoms with Crippen LogP contribution in [0.1, 0.15) is 22.6 Å². The summed E-state index contributed by atoms with van der Waals surface area (Å²) in [7, 11) is 0. The van der Waals surface area contributed by atoms with Crippen molar-refractivity contribution in [3.05, 3.63) is 73.7 Å². The summed E-state index contributed by atoms with van der Waals surface area (Å²) >= 11 is 3.21. The summed E-state index contributed by atoms with van der Waals surface area (Å²) in [4.78, 5) is 9.80. The molecule has 0 aliphatic rings. The molecule has 0 N–H and O–H groups in total. The maximum atomic E-state index is 13.2. The van der Waals surface area contributed by atoms with Crippen LogP contribution in [-0.2, 0) is 6.18 Å². The van der Waals surface area contributed by atoms with Crippen LogP contribution < -0.4 is 0 Å². The Morgan fingerprint density at radius 2 is 1.78 bits per heavy atom. The van der Waals surface area contributed by atoms with Gasteiger partial charge in [0.1, 0.15) is 0 Å². The maximum Gasteiger partial charge on any atom is 0.416 e. The standard InChI is InChI=1S/C15H8BrF3N2O2/c16-10-3-1-9(2-4-10)13(8-20)12-6-5-11(21(22)23)7-14(12)15(17,18)19/h1-7,13H. The van der Waals surface area contributed by atoms with E-state index >= 15 is 0 Å². The maximum absolute atomic E-state index is 13.2. The molecule has 1 unspecified atom stereocenters. The Morgan fingerprint density at radius 3 is 2.26 bits per heavy atom. The molecule has 0 aliphatic carbocycles. The number of alkyl halides is 3. The van der Waals surface area contributed by atoms with Crippen LogP contribution in [0.15, 0.2) is 46.9 Å². The minimum atomic E-state index is -4.80. The molecule has 0 amide bonds. The summed E-state index contributed by atoms with van der Waals surface area (Å²) in [5.41, 5.74) is -1.79. The van der Waals surface area contributed by atoms with Gasteiger partial charge in [0.25, 0.3) is 5.69 Å². The zero-order valence-electron chi connectivity index (χ0n) is 11.3. The first-order valence-electron chi connectivity index (χ1n) is 6.24.